The molecular formula is C17H29NO. The fourth-order valence-electron chi connectivity index (χ4n) is 2.22. The molecule has 0 saturated carbocycles. The molecule has 19 heavy (non-hydrogen) atoms. The molecular weight excluding hydrogens is 234 g/mol. The topological polar surface area (TPSA) is 21.3 Å². The lowest BCUT2D eigenvalue weighted by Crippen LogP contribution is -2.39. The maximum Gasteiger partial charge on any atom is 0.119 e. The van der Waals surface area contributed by atoms with Gasteiger partial charge in [0.25, 0.3) is 0 Å². The third-order valence-corrected chi connectivity index (χ3v) is 3.71. The normalized spacial score (nSPS) is 15.1. The zero-order chi connectivity index (χ0) is 14.5. The summed E-state index contributed by atoms with van der Waals surface area (Å²) >= 11 is 0. The molecule has 2 unspecified atom stereocenters. The van der Waals surface area contributed by atoms with Crippen molar-refractivity contribution in [3.8, 4) is 5.75 Å². The third-order valence-electron chi connectivity index (χ3n) is 3.71. The average Bonchev–Trinajstić information content (AvgIpc) is 2.37. The standard InChI is InChI=1S/C17H29NO/c1-7-13(2)16(12-18-17(3,4)5)14-9-8-10-15(11-14)19-6/h8-11,13,16,18H,7,12H2,1-6H3. The van der Waals surface area contributed by atoms with E-state index in [0.717, 1.165) is 12.3 Å². The summed E-state index contributed by atoms with van der Waals surface area (Å²) in [4.78, 5) is 0. The molecule has 0 saturated heterocycles. The highest BCUT2D eigenvalue weighted by molar-refractivity contribution is 5.31. The van der Waals surface area contributed by atoms with Gasteiger partial charge in [0.1, 0.15) is 5.75 Å². The third kappa shape index (κ3) is 5.23. The Kier molecular flexibility index (Phi) is 5.86. The van der Waals surface area contributed by atoms with Crippen molar-refractivity contribution in [2.75, 3.05) is 13.7 Å². The van der Waals surface area contributed by atoms with Gasteiger partial charge in [0, 0.05) is 12.1 Å². The van der Waals surface area contributed by atoms with Crippen LogP contribution in [-0.2, 0) is 0 Å². The van der Waals surface area contributed by atoms with Crippen LogP contribution in [0.15, 0.2) is 24.3 Å². The fraction of sp³-hybridized carbons (Fsp3) is 0.647. The molecule has 0 spiro atoms. The van der Waals surface area contributed by atoms with Crippen molar-refractivity contribution < 1.29 is 4.74 Å². The van der Waals surface area contributed by atoms with Crippen molar-refractivity contribution in [2.24, 2.45) is 5.92 Å². The number of ether oxygens (including phenoxy) is 1. The first kappa shape index (κ1) is 16.0. The maximum absolute atomic E-state index is 5.34. The summed E-state index contributed by atoms with van der Waals surface area (Å²) in [5.74, 6) is 2.13. The average molecular weight is 263 g/mol. The van der Waals surface area contributed by atoms with E-state index in [1.165, 1.54) is 12.0 Å². The van der Waals surface area contributed by atoms with E-state index >= 15 is 0 Å². The number of nitrogens with one attached hydrogen (secondary N) is 1. The van der Waals surface area contributed by atoms with Crippen molar-refractivity contribution in [1.82, 2.24) is 5.32 Å². The number of rotatable bonds is 6. The summed E-state index contributed by atoms with van der Waals surface area (Å²) in [6.45, 7) is 12.2. The van der Waals surface area contributed by atoms with Crippen LogP contribution < -0.4 is 10.1 Å². The van der Waals surface area contributed by atoms with E-state index in [-0.39, 0.29) is 5.54 Å². The molecule has 0 aliphatic heterocycles. The van der Waals surface area contributed by atoms with Crippen LogP contribution in [0.4, 0.5) is 0 Å². The van der Waals surface area contributed by atoms with Crippen molar-refractivity contribution in [1.29, 1.82) is 0 Å². The zero-order valence-electron chi connectivity index (χ0n) is 13.3. The van der Waals surface area contributed by atoms with Gasteiger partial charge >= 0.3 is 0 Å². The second kappa shape index (κ2) is 6.95. The lowest BCUT2D eigenvalue weighted by molar-refractivity contribution is 0.354. The minimum absolute atomic E-state index is 0.157. The highest BCUT2D eigenvalue weighted by atomic mass is 16.5. The van der Waals surface area contributed by atoms with Crippen molar-refractivity contribution in [3.05, 3.63) is 29.8 Å². The van der Waals surface area contributed by atoms with Crippen LogP contribution in [0.5, 0.6) is 5.75 Å². The Bertz CT molecular complexity index is 381. The van der Waals surface area contributed by atoms with E-state index in [2.05, 4.69) is 58.1 Å². The van der Waals surface area contributed by atoms with E-state index < -0.39 is 0 Å². The number of hydrogen-bond donors (Lipinski definition) is 1. The molecule has 0 aliphatic rings. The Hall–Kier alpha value is -1.02. The zero-order valence-corrected chi connectivity index (χ0v) is 13.3. The van der Waals surface area contributed by atoms with Crippen LogP contribution in [-0.4, -0.2) is 19.2 Å². The molecule has 0 aliphatic carbocycles. The van der Waals surface area contributed by atoms with Crippen molar-refractivity contribution >= 4 is 0 Å². The first-order valence-electron chi connectivity index (χ1n) is 7.26. The minimum atomic E-state index is 0.157. The van der Waals surface area contributed by atoms with E-state index in [9.17, 15) is 0 Å². The quantitative estimate of drug-likeness (QED) is 0.830. The molecule has 0 amide bonds. The smallest absolute Gasteiger partial charge is 0.119 e. The van der Waals surface area contributed by atoms with E-state index in [1.54, 1.807) is 7.11 Å². The van der Waals surface area contributed by atoms with Gasteiger partial charge in [0.05, 0.1) is 7.11 Å². The number of benzene rings is 1. The second-order valence-corrected chi connectivity index (χ2v) is 6.40. The number of methoxy groups -OCH3 is 1. The van der Waals surface area contributed by atoms with Gasteiger partial charge in [-0.2, -0.15) is 0 Å². The lowest BCUT2D eigenvalue weighted by atomic mass is 9.85. The van der Waals surface area contributed by atoms with Gasteiger partial charge in [-0.25, -0.2) is 0 Å². The molecule has 0 heterocycles. The SMILES string of the molecule is CCC(C)C(CNC(C)(C)C)c1cccc(OC)c1. The van der Waals surface area contributed by atoms with Crippen LogP contribution >= 0.6 is 0 Å². The summed E-state index contributed by atoms with van der Waals surface area (Å²) in [7, 11) is 1.73. The summed E-state index contributed by atoms with van der Waals surface area (Å²) in [6, 6.07) is 8.47. The van der Waals surface area contributed by atoms with Gasteiger partial charge in [0.15, 0.2) is 0 Å². The maximum atomic E-state index is 5.34. The first-order chi connectivity index (χ1) is 8.87. The minimum Gasteiger partial charge on any atom is -0.497 e. The van der Waals surface area contributed by atoms with Gasteiger partial charge in [-0.05, 0) is 50.3 Å². The summed E-state index contributed by atoms with van der Waals surface area (Å²) in [5, 5.41) is 3.63. The highest BCUT2D eigenvalue weighted by Crippen LogP contribution is 2.29. The molecule has 0 bridgehead atoms. The molecule has 2 heteroatoms. The molecule has 1 aromatic rings. The van der Waals surface area contributed by atoms with Crippen molar-refractivity contribution in [3.63, 3.8) is 0 Å². The number of hydrogen-bond acceptors (Lipinski definition) is 2. The molecule has 2 atom stereocenters. The summed E-state index contributed by atoms with van der Waals surface area (Å²) in [5.41, 5.74) is 1.52. The van der Waals surface area contributed by atoms with E-state index in [0.29, 0.717) is 11.8 Å². The van der Waals surface area contributed by atoms with Crippen LogP contribution in [0.1, 0.15) is 52.5 Å². The van der Waals surface area contributed by atoms with Crippen LogP contribution in [0.3, 0.4) is 0 Å². The van der Waals surface area contributed by atoms with Gasteiger partial charge in [-0.3, -0.25) is 0 Å². The molecule has 0 aromatic heterocycles. The predicted octanol–water partition coefficient (Wildman–Crippen LogP) is 4.21. The monoisotopic (exact) mass is 263 g/mol. The molecule has 108 valence electrons. The Morgan fingerprint density at radius 3 is 2.47 bits per heavy atom. The second-order valence-electron chi connectivity index (χ2n) is 6.40. The fourth-order valence-corrected chi connectivity index (χ4v) is 2.22. The highest BCUT2D eigenvalue weighted by Gasteiger charge is 2.20. The lowest BCUT2D eigenvalue weighted by Gasteiger charge is -2.29. The molecule has 1 rings (SSSR count). The van der Waals surface area contributed by atoms with Gasteiger partial charge in [-0.15, -0.1) is 0 Å². The Labute approximate surface area is 118 Å². The Morgan fingerprint density at radius 2 is 1.95 bits per heavy atom. The first-order valence-corrected chi connectivity index (χ1v) is 7.26. The Balaban J connectivity index is 2.89. The molecule has 0 radical (unpaired) electrons. The molecule has 1 N–H and O–H groups in total. The van der Waals surface area contributed by atoms with Gasteiger partial charge < -0.3 is 10.1 Å². The van der Waals surface area contributed by atoms with Crippen LogP contribution in [0.2, 0.25) is 0 Å². The van der Waals surface area contributed by atoms with Crippen molar-refractivity contribution in [2.45, 2.75) is 52.5 Å². The van der Waals surface area contributed by atoms with Crippen LogP contribution in [0, 0.1) is 5.92 Å². The molecule has 1 aromatic carbocycles. The van der Waals surface area contributed by atoms with Gasteiger partial charge in [-0.1, -0.05) is 32.4 Å². The Morgan fingerprint density at radius 1 is 1.26 bits per heavy atom. The van der Waals surface area contributed by atoms with Gasteiger partial charge in [0.2, 0.25) is 0 Å². The van der Waals surface area contributed by atoms with E-state index in [1.807, 2.05) is 6.07 Å². The van der Waals surface area contributed by atoms with Crippen LogP contribution in [0.25, 0.3) is 0 Å². The summed E-state index contributed by atoms with van der Waals surface area (Å²) < 4.78 is 5.34. The predicted molar refractivity (Wildman–Crippen MR) is 82.9 cm³/mol. The molecule has 0 fully saturated rings. The van der Waals surface area contributed by atoms with E-state index in [4.69, 9.17) is 4.74 Å². The summed E-state index contributed by atoms with van der Waals surface area (Å²) in [6.07, 6.45) is 1.19. The molecule has 2 nitrogen and oxygen atoms in total. The largest absolute Gasteiger partial charge is 0.497 e.